The molecular formula is C29H42N9O6. The zero-order valence-electron chi connectivity index (χ0n) is 24.7. The Kier molecular flexibility index (Phi) is 13.1. The lowest BCUT2D eigenvalue weighted by Gasteiger charge is -2.31. The van der Waals surface area contributed by atoms with Gasteiger partial charge < -0.3 is 42.5 Å². The topological polar surface area (TPSA) is 233 Å². The van der Waals surface area contributed by atoms with Crippen molar-refractivity contribution >= 4 is 41.8 Å². The summed E-state index contributed by atoms with van der Waals surface area (Å²) in [5, 5.41) is 17.6. The van der Waals surface area contributed by atoms with E-state index in [2.05, 4.69) is 21.3 Å². The largest absolute Gasteiger partial charge is 0.370 e. The maximum absolute atomic E-state index is 13.8. The molecular weight excluding hydrogens is 570 g/mol. The molecule has 2 saturated heterocycles. The van der Waals surface area contributed by atoms with E-state index in [4.69, 9.17) is 16.9 Å². The lowest BCUT2D eigenvalue weighted by Crippen LogP contribution is -2.57. The molecule has 2 heterocycles. The van der Waals surface area contributed by atoms with Gasteiger partial charge in [0.25, 0.3) is 0 Å². The maximum atomic E-state index is 13.8. The molecule has 4 atom stereocenters. The van der Waals surface area contributed by atoms with E-state index in [-0.39, 0.29) is 44.5 Å². The van der Waals surface area contributed by atoms with Gasteiger partial charge in [-0.1, -0.05) is 30.3 Å². The van der Waals surface area contributed by atoms with Gasteiger partial charge in [-0.3, -0.25) is 34.2 Å². The van der Waals surface area contributed by atoms with E-state index < -0.39 is 47.8 Å². The summed E-state index contributed by atoms with van der Waals surface area (Å²) in [7, 11) is 0. The van der Waals surface area contributed by atoms with E-state index in [0.717, 1.165) is 5.56 Å². The second-order valence-electron chi connectivity index (χ2n) is 10.9. The number of guanidine groups is 1. The van der Waals surface area contributed by atoms with E-state index in [1.54, 1.807) is 0 Å². The second kappa shape index (κ2) is 16.9. The highest BCUT2D eigenvalue weighted by Gasteiger charge is 2.40. The predicted molar refractivity (Wildman–Crippen MR) is 160 cm³/mol. The summed E-state index contributed by atoms with van der Waals surface area (Å²) in [4.78, 5) is 78.5. The zero-order chi connectivity index (χ0) is 32.1. The molecule has 15 heteroatoms. The fourth-order valence-corrected chi connectivity index (χ4v) is 5.51. The van der Waals surface area contributed by atoms with Gasteiger partial charge in [-0.25, -0.2) is 0 Å². The first-order valence-corrected chi connectivity index (χ1v) is 14.8. The van der Waals surface area contributed by atoms with Crippen LogP contribution in [0.4, 0.5) is 0 Å². The predicted octanol–water partition coefficient (Wildman–Crippen LogP) is -2.37. The maximum Gasteiger partial charge on any atom is 0.245 e. The van der Waals surface area contributed by atoms with E-state index in [0.29, 0.717) is 45.1 Å². The molecule has 0 spiro atoms. The number of hydrogen-bond donors (Lipinski definition) is 7. The van der Waals surface area contributed by atoms with Crippen molar-refractivity contribution < 1.29 is 28.8 Å². The Morgan fingerprint density at radius 2 is 1.57 bits per heavy atom. The third-order valence-corrected chi connectivity index (χ3v) is 7.67. The van der Waals surface area contributed by atoms with Gasteiger partial charge in [-0.2, -0.15) is 0 Å². The monoisotopic (exact) mass is 612 g/mol. The van der Waals surface area contributed by atoms with Crippen molar-refractivity contribution in [2.45, 2.75) is 69.1 Å². The summed E-state index contributed by atoms with van der Waals surface area (Å²) in [5.74, 6) is -2.61. The van der Waals surface area contributed by atoms with E-state index in [9.17, 15) is 28.8 Å². The summed E-state index contributed by atoms with van der Waals surface area (Å²) in [6, 6.07) is 5.88. The number of hydrogen-bond acceptors (Lipinski definition) is 8. The summed E-state index contributed by atoms with van der Waals surface area (Å²) in [6.07, 6.45) is 4.37. The molecule has 9 N–H and O–H groups in total. The number of likely N-dealkylation sites (tertiary alicyclic amines) is 2. The normalized spacial score (nSPS) is 19.0. The molecule has 2 aliphatic heterocycles. The van der Waals surface area contributed by atoms with Gasteiger partial charge in [0.2, 0.25) is 35.8 Å². The molecule has 3 rings (SSSR count). The van der Waals surface area contributed by atoms with Crippen LogP contribution < -0.4 is 32.7 Å². The number of rotatable bonds is 15. The molecule has 1 aromatic rings. The molecule has 1 aromatic carbocycles. The van der Waals surface area contributed by atoms with Gasteiger partial charge >= 0.3 is 0 Å². The standard InChI is InChI=1S/C29H42N9O6/c30-20(17-19-7-2-1-3-8-19)27(43)37-14-6-11-23(37)26(42)36-21(9-4-12-34-29(31)32)28(44)38-15-5-10-22(38)25(41)35-18-24(40)33-13-16-39/h1-3,7-8,20-23H,4-6,9-15,17-18,30H2,(H,33,40)(H,35,41)(H,36,42)(H4,31,32,34)/t20-,21+,22+,23+/m1/s1. The van der Waals surface area contributed by atoms with Gasteiger partial charge in [0.1, 0.15) is 18.1 Å². The van der Waals surface area contributed by atoms with Crippen LogP contribution in [0.5, 0.6) is 0 Å². The van der Waals surface area contributed by atoms with Crippen molar-refractivity contribution in [3.05, 3.63) is 35.9 Å². The van der Waals surface area contributed by atoms with Crippen molar-refractivity contribution in [2.24, 2.45) is 11.5 Å². The molecule has 15 nitrogen and oxygen atoms in total. The number of benzene rings is 1. The second-order valence-corrected chi connectivity index (χ2v) is 10.9. The van der Waals surface area contributed by atoms with Crippen LogP contribution in [0.2, 0.25) is 0 Å². The molecule has 5 amide bonds. The SMILES string of the molecule is N=C(N)NCCC[C@H](NC(=O)[C@@H]1CCCN1C(=O)[C@H](N)Cc1ccccc1)C(=O)N1CCC[C@H]1C(=O)NCC(=O)NC[C]=O. The smallest absolute Gasteiger partial charge is 0.245 e. The van der Waals surface area contributed by atoms with Gasteiger partial charge in [0.15, 0.2) is 5.96 Å². The molecule has 0 unspecified atom stereocenters. The minimum Gasteiger partial charge on any atom is -0.370 e. The first-order valence-electron chi connectivity index (χ1n) is 14.8. The number of amides is 5. The molecule has 2 fully saturated rings. The van der Waals surface area contributed by atoms with Crippen molar-refractivity contribution in [3.8, 4) is 0 Å². The zero-order valence-corrected chi connectivity index (χ0v) is 24.7. The van der Waals surface area contributed by atoms with Crippen molar-refractivity contribution in [2.75, 3.05) is 32.7 Å². The molecule has 2 aliphatic rings. The van der Waals surface area contributed by atoms with Crippen LogP contribution in [0.25, 0.3) is 0 Å². The number of nitrogens with one attached hydrogen (secondary N) is 5. The molecule has 0 saturated carbocycles. The minimum absolute atomic E-state index is 0.189. The van der Waals surface area contributed by atoms with Crippen molar-refractivity contribution in [1.29, 1.82) is 5.41 Å². The third kappa shape index (κ3) is 9.76. The van der Waals surface area contributed by atoms with Gasteiger partial charge in [-0.15, -0.1) is 0 Å². The fraction of sp³-hybridized carbons (Fsp3) is 0.552. The van der Waals surface area contributed by atoms with Crippen LogP contribution in [0.15, 0.2) is 30.3 Å². The number of carbonyl (C=O) groups is 5. The van der Waals surface area contributed by atoms with E-state index >= 15 is 0 Å². The summed E-state index contributed by atoms with van der Waals surface area (Å²) >= 11 is 0. The number of carbonyl (C=O) groups excluding carboxylic acids is 6. The molecule has 0 bridgehead atoms. The average molecular weight is 613 g/mol. The Morgan fingerprint density at radius 3 is 2.20 bits per heavy atom. The highest BCUT2D eigenvalue weighted by atomic mass is 16.2. The van der Waals surface area contributed by atoms with E-state index in [1.807, 2.05) is 30.3 Å². The summed E-state index contributed by atoms with van der Waals surface area (Å²) in [6.45, 7) is 0.269. The Bertz CT molecular complexity index is 1200. The molecule has 44 heavy (non-hydrogen) atoms. The quantitative estimate of drug-likeness (QED) is 0.0636. The molecule has 1 radical (unpaired) electrons. The first kappa shape index (κ1) is 34.0. The third-order valence-electron chi connectivity index (χ3n) is 7.67. The molecule has 0 aliphatic carbocycles. The van der Waals surface area contributed by atoms with Crippen LogP contribution in [0, 0.1) is 5.41 Å². The van der Waals surface area contributed by atoms with Crippen molar-refractivity contribution in [1.82, 2.24) is 31.1 Å². The Balaban J connectivity index is 1.67. The average Bonchev–Trinajstić information content (AvgIpc) is 3.70. The summed E-state index contributed by atoms with van der Waals surface area (Å²) < 4.78 is 0. The number of nitrogens with zero attached hydrogens (tertiary/aromatic N) is 2. The number of nitrogens with two attached hydrogens (primary N) is 2. The van der Waals surface area contributed by atoms with Crippen LogP contribution in [0.1, 0.15) is 44.1 Å². The van der Waals surface area contributed by atoms with Crippen LogP contribution in [-0.4, -0.2) is 108 Å². The van der Waals surface area contributed by atoms with Gasteiger partial charge in [-0.05, 0) is 50.5 Å². The highest BCUT2D eigenvalue weighted by Crippen LogP contribution is 2.22. The summed E-state index contributed by atoms with van der Waals surface area (Å²) in [5.41, 5.74) is 12.5. The molecule has 239 valence electrons. The van der Waals surface area contributed by atoms with E-state index in [1.165, 1.54) is 16.1 Å². The lowest BCUT2D eigenvalue weighted by atomic mass is 10.0. The highest BCUT2D eigenvalue weighted by molar-refractivity contribution is 5.96. The van der Waals surface area contributed by atoms with Crippen molar-refractivity contribution in [3.63, 3.8) is 0 Å². The van der Waals surface area contributed by atoms with Crippen LogP contribution >= 0.6 is 0 Å². The van der Waals surface area contributed by atoms with Gasteiger partial charge in [0.05, 0.1) is 19.1 Å². The first-order chi connectivity index (χ1) is 21.1. The fourth-order valence-electron chi connectivity index (χ4n) is 5.51. The Labute approximate surface area is 256 Å². The molecule has 0 aromatic heterocycles. The van der Waals surface area contributed by atoms with Gasteiger partial charge in [0, 0.05) is 19.6 Å². The Morgan fingerprint density at radius 1 is 0.932 bits per heavy atom. The lowest BCUT2D eigenvalue weighted by molar-refractivity contribution is -0.143. The Hall–Kier alpha value is -4.53. The van der Waals surface area contributed by atoms with Crippen LogP contribution in [0.3, 0.4) is 0 Å². The van der Waals surface area contributed by atoms with Crippen LogP contribution in [-0.2, 0) is 35.2 Å². The minimum atomic E-state index is -1.01.